The highest BCUT2D eigenvalue weighted by atomic mass is 79.9. The molecule has 224 valence electrons. The van der Waals surface area contributed by atoms with Crippen molar-refractivity contribution in [3.8, 4) is 0 Å². The number of sulfonamides is 1. The number of rotatable bonds is 13. The number of hydrogen-bond acceptors (Lipinski definition) is 4. The third kappa shape index (κ3) is 8.12. The fraction of sp³-hybridized carbons (Fsp3) is 0.235. The monoisotopic (exact) mass is 661 g/mol. The summed E-state index contributed by atoms with van der Waals surface area (Å²) >= 11 is 3.50. The first kappa shape index (κ1) is 32.0. The van der Waals surface area contributed by atoms with Crippen molar-refractivity contribution < 1.29 is 18.0 Å². The summed E-state index contributed by atoms with van der Waals surface area (Å²) < 4.78 is 30.3. The maximum Gasteiger partial charge on any atom is 0.264 e. The van der Waals surface area contributed by atoms with Gasteiger partial charge in [0.05, 0.1) is 10.6 Å². The lowest BCUT2D eigenvalue weighted by atomic mass is 10.0. The van der Waals surface area contributed by atoms with E-state index in [4.69, 9.17) is 0 Å². The Morgan fingerprint density at radius 2 is 1.44 bits per heavy atom. The Kier molecular flexibility index (Phi) is 11.1. The molecule has 0 aliphatic carbocycles. The van der Waals surface area contributed by atoms with Crippen LogP contribution in [0.1, 0.15) is 30.5 Å². The Morgan fingerprint density at radius 1 is 0.814 bits per heavy atom. The number of amides is 2. The molecule has 0 heterocycles. The number of anilines is 1. The zero-order valence-corrected chi connectivity index (χ0v) is 26.7. The molecule has 9 heteroatoms. The van der Waals surface area contributed by atoms with Gasteiger partial charge in [0.25, 0.3) is 10.0 Å². The summed E-state index contributed by atoms with van der Waals surface area (Å²) in [6.45, 7) is 3.79. The molecule has 4 aromatic carbocycles. The van der Waals surface area contributed by atoms with E-state index in [0.29, 0.717) is 18.7 Å². The summed E-state index contributed by atoms with van der Waals surface area (Å²) in [5.41, 5.74) is 2.91. The average molecular weight is 663 g/mol. The predicted octanol–water partition coefficient (Wildman–Crippen LogP) is 5.98. The van der Waals surface area contributed by atoms with Crippen molar-refractivity contribution >= 4 is 43.5 Å². The van der Waals surface area contributed by atoms with E-state index in [0.717, 1.165) is 21.2 Å². The van der Waals surface area contributed by atoms with Gasteiger partial charge in [-0.3, -0.25) is 13.9 Å². The lowest BCUT2D eigenvalue weighted by molar-refractivity contribution is -0.140. The average Bonchev–Trinajstić information content (AvgIpc) is 3.02. The molecule has 2 amide bonds. The normalized spacial score (nSPS) is 11.9. The molecule has 4 aromatic rings. The van der Waals surface area contributed by atoms with Crippen LogP contribution in [-0.4, -0.2) is 44.3 Å². The highest BCUT2D eigenvalue weighted by Gasteiger charge is 2.35. The van der Waals surface area contributed by atoms with Crippen LogP contribution in [0.3, 0.4) is 0 Å². The number of nitrogens with one attached hydrogen (secondary N) is 1. The van der Waals surface area contributed by atoms with Crippen LogP contribution in [0, 0.1) is 0 Å². The van der Waals surface area contributed by atoms with Gasteiger partial charge in [-0.1, -0.05) is 102 Å². The number of nitrogens with zero attached hydrogens (tertiary/aromatic N) is 2. The quantitative estimate of drug-likeness (QED) is 0.191. The SMILES string of the molecule is CCNC(=O)C(Cc1ccccc1)N(Cc1cccc(Br)c1)C(=O)CN(c1ccccc1CC)S(=O)(=O)c1ccccc1. The minimum Gasteiger partial charge on any atom is -0.355 e. The van der Waals surface area contributed by atoms with Crippen molar-refractivity contribution in [1.29, 1.82) is 0 Å². The third-order valence-corrected chi connectivity index (χ3v) is 9.38. The highest BCUT2D eigenvalue weighted by molar-refractivity contribution is 9.10. The van der Waals surface area contributed by atoms with Gasteiger partial charge in [0.2, 0.25) is 11.8 Å². The highest BCUT2D eigenvalue weighted by Crippen LogP contribution is 2.28. The number of para-hydroxylation sites is 1. The number of halogens is 1. The molecule has 0 saturated carbocycles. The van der Waals surface area contributed by atoms with Gasteiger partial charge in [0, 0.05) is 24.0 Å². The number of carbonyl (C=O) groups is 2. The Labute approximate surface area is 262 Å². The van der Waals surface area contributed by atoms with Crippen molar-refractivity contribution in [3.05, 3.63) is 130 Å². The van der Waals surface area contributed by atoms with E-state index < -0.39 is 28.5 Å². The fourth-order valence-electron chi connectivity index (χ4n) is 4.96. The first-order chi connectivity index (χ1) is 20.7. The molecule has 43 heavy (non-hydrogen) atoms. The molecule has 0 aliphatic heterocycles. The molecule has 7 nitrogen and oxygen atoms in total. The molecule has 0 saturated heterocycles. The molecule has 0 fully saturated rings. The Hall–Kier alpha value is -3.95. The largest absolute Gasteiger partial charge is 0.355 e. The van der Waals surface area contributed by atoms with Crippen LogP contribution >= 0.6 is 15.9 Å². The van der Waals surface area contributed by atoms with Crippen molar-refractivity contribution in [3.63, 3.8) is 0 Å². The van der Waals surface area contributed by atoms with Gasteiger partial charge < -0.3 is 10.2 Å². The summed E-state index contributed by atoms with van der Waals surface area (Å²) in [5.74, 6) is -0.793. The maximum absolute atomic E-state index is 14.5. The van der Waals surface area contributed by atoms with Gasteiger partial charge in [-0.05, 0) is 60.4 Å². The fourth-order valence-corrected chi connectivity index (χ4v) is 6.88. The van der Waals surface area contributed by atoms with E-state index in [1.807, 2.05) is 80.6 Å². The third-order valence-electron chi connectivity index (χ3n) is 7.12. The van der Waals surface area contributed by atoms with Crippen molar-refractivity contribution in [1.82, 2.24) is 10.2 Å². The Bertz CT molecular complexity index is 1630. The molecule has 1 unspecified atom stereocenters. The van der Waals surface area contributed by atoms with E-state index in [1.54, 1.807) is 30.3 Å². The number of aryl methyl sites for hydroxylation is 1. The lowest BCUT2D eigenvalue weighted by Gasteiger charge is -2.34. The topological polar surface area (TPSA) is 86.8 Å². The lowest BCUT2D eigenvalue weighted by Crippen LogP contribution is -2.53. The van der Waals surface area contributed by atoms with Gasteiger partial charge in [-0.2, -0.15) is 0 Å². The van der Waals surface area contributed by atoms with Gasteiger partial charge in [-0.25, -0.2) is 8.42 Å². The standard InChI is InChI=1S/C34H36BrN3O4S/c1-3-28-17-11-12-21-31(28)38(43(41,42)30-19-9-6-10-20-30)25-33(39)37(24-27-16-13-18-29(35)22-27)32(34(40)36-4-2)23-26-14-7-5-8-15-26/h5-22,32H,3-4,23-25H2,1-2H3,(H,36,40). The molecule has 0 bridgehead atoms. The summed E-state index contributed by atoms with van der Waals surface area (Å²) in [4.78, 5) is 29.6. The maximum atomic E-state index is 14.5. The second-order valence-electron chi connectivity index (χ2n) is 10.1. The van der Waals surface area contributed by atoms with Crippen LogP contribution < -0.4 is 9.62 Å². The minimum absolute atomic E-state index is 0.0804. The van der Waals surface area contributed by atoms with Crippen molar-refractivity contribution in [2.75, 3.05) is 17.4 Å². The summed E-state index contributed by atoms with van der Waals surface area (Å²) in [5, 5.41) is 2.88. The molecule has 0 aromatic heterocycles. The van der Waals surface area contributed by atoms with Crippen molar-refractivity contribution in [2.24, 2.45) is 0 Å². The predicted molar refractivity (Wildman–Crippen MR) is 174 cm³/mol. The number of benzene rings is 4. The van der Waals surface area contributed by atoms with Crippen LogP contribution in [-0.2, 0) is 39.0 Å². The van der Waals surface area contributed by atoms with Gasteiger partial charge >= 0.3 is 0 Å². The molecule has 0 aliphatic rings. The van der Waals surface area contributed by atoms with Gasteiger partial charge in [-0.15, -0.1) is 0 Å². The van der Waals surface area contributed by atoms with Crippen LogP contribution in [0.15, 0.2) is 119 Å². The van der Waals surface area contributed by atoms with Crippen LogP contribution in [0.25, 0.3) is 0 Å². The zero-order valence-electron chi connectivity index (χ0n) is 24.3. The molecule has 0 spiro atoms. The molecule has 4 rings (SSSR count). The van der Waals surface area contributed by atoms with E-state index in [1.165, 1.54) is 21.3 Å². The van der Waals surface area contributed by atoms with E-state index >= 15 is 0 Å². The summed E-state index contributed by atoms with van der Waals surface area (Å²) in [6, 6.07) is 31.4. The molecule has 1 N–H and O–H groups in total. The molecule has 1 atom stereocenters. The van der Waals surface area contributed by atoms with Crippen LogP contribution in [0.5, 0.6) is 0 Å². The minimum atomic E-state index is -4.13. The molecular weight excluding hydrogens is 626 g/mol. The van der Waals surface area contributed by atoms with Crippen LogP contribution in [0.4, 0.5) is 5.69 Å². The molecular formula is C34H36BrN3O4S. The van der Waals surface area contributed by atoms with Crippen LogP contribution in [0.2, 0.25) is 0 Å². The van der Waals surface area contributed by atoms with E-state index in [9.17, 15) is 18.0 Å². The second-order valence-corrected chi connectivity index (χ2v) is 12.8. The van der Waals surface area contributed by atoms with E-state index in [-0.39, 0.29) is 23.8 Å². The Morgan fingerprint density at radius 3 is 2.09 bits per heavy atom. The summed E-state index contributed by atoms with van der Waals surface area (Å²) in [7, 11) is -4.13. The van der Waals surface area contributed by atoms with E-state index in [2.05, 4.69) is 21.2 Å². The molecule has 0 radical (unpaired) electrons. The first-order valence-corrected chi connectivity index (χ1v) is 16.5. The first-order valence-electron chi connectivity index (χ1n) is 14.3. The van der Waals surface area contributed by atoms with Gasteiger partial charge in [0.15, 0.2) is 0 Å². The number of hydrogen-bond donors (Lipinski definition) is 1. The smallest absolute Gasteiger partial charge is 0.264 e. The second kappa shape index (κ2) is 15.0. The number of carbonyl (C=O) groups excluding carboxylic acids is 2. The number of likely N-dealkylation sites (N-methyl/N-ethyl adjacent to an activating group) is 1. The van der Waals surface area contributed by atoms with Gasteiger partial charge in [0.1, 0.15) is 12.6 Å². The zero-order chi connectivity index (χ0) is 30.8. The Balaban J connectivity index is 1.82. The van der Waals surface area contributed by atoms with Crippen molar-refractivity contribution in [2.45, 2.75) is 44.2 Å². The summed E-state index contributed by atoms with van der Waals surface area (Å²) in [6.07, 6.45) is 0.839.